The molecule has 3 unspecified atom stereocenters. The van der Waals surface area contributed by atoms with E-state index in [-0.39, 0.29) is 0 Å². The van der Waals surface area contributed by atoms with Gasteiger partial charge in [-0.15, -0.1) is 0 Å². The highest BCUT2D eigenvalue weighted by Crippen LogP contribution is 2.22. The van der Waals surface area contributed by atoms with Crippen LogP contribution in [0, 0.1) is 5.92 Å². The molecule has 2 rings (SSSR count). The maximum absolute atomic E-state index is 9.98. The topological polar surface area (TPSA) is 41.5 Å². The van der Waals surface area contributed by atoms with Gasteiger partial charge in [0, 0.05) is 12.6 Å². The van der Waals surface area contributed by atoms with Gasteiger partial charge in [-0.25, -0.2) is 0 Å². The van der Waals surface area contributed by atoms with Crippen LogP contribution in [0.5, 0.6) is 5.75 Å². The summed E-state index contributed by atoms with van der Waals surface area (Å²) in [4.78, 5) is 0. The number of rotatable bonds is 6. The van der Waals surface area contributed by atoms with Crippen LogP contribution in [0.3, 0.4) is 0 Å². The summed E-state index contributed by atoms with van der Waals surface area (Å²) in [7, 11) is 0. The summed E-state index contributed by atoms with van der Waals surface area (Å²) in [5.74, 6) is 1.67. The van der Waals surface area contributed by atoms with E-state index in [4.69, 9.17) is 4.74 Å². The zero-order valence-electron chi connectivity index (χ0n) is 12.4. The number of nitrogens with one attached hydrogen (secondary N) is 1. The van der Waals surface area contributed by atoms with E-state index in [1.165, 1.54) is 32.1 Å². The van der Waals surface area contributed by atoms with Gasteiger partial charge in [-0.05, 0) is 37.3 Å². The standard InChI is InChI=1S/C17H27NO2/c1-14-6-5-7-15(11-10-14)18-12-16(19)13-20-17-8-3-2-4-9-17/h2-4,8-9,14-16,18-19H,5-7,10-13H2,1H3. The third-order valence-corrected chi connectivity index (χ3v) is 4.09. The molecule has 2 N–H and O–H groups in total. The third kappa shape index (κ3) is 5.51. The Bertz CT molecular complexity index is 369. The molecule has 3 nitrogen and oxygen atoms in total. The molecule has 0 amide bonds. The first kappa shape index (κ1) is 15.3. The molecule has 1 saturated carbocycles. The minimum Gasteiger partial charge on any atom is -0.491 e. The maximum atomic E-state index is 9.98. The van der Waals surface area contributed by atoms with E-state index in [1.54, 1.807) is 0 Å². The Morgan fingerprint density at radius 1 is 1.20 bits per heavy atom. The van der Waals surface area contributed by atoms with Crippen molar-refractivity contribution >= 4 is 0 Å². The van der Waals surface area contributed by atoms with Gasteiger partial charge in [-0.2, -0.15) is 0 Å². The summed E-state index contributed by atoms with van der Waals surface area (Å²) >= 11 is 0. The molecule has 0 radical (unpaired) electrons. The lowest BCUT2D eigenvalue weighted by atomic mass is 10.0. The minimum absolute atomic E-state index is 0.347. The molecule has 20 heavy (non-hydrogen) atoms. The molecule has 0 aliphatic heterocycles. The quantitative estimate of drug-likeness (QED) is 0.785. The molecule has 0 aromatic heterocycles. The second-order valence-electron chi connectivity index (χ2n) is 6.00. The second kappa shape index (κ2) is 8.28. The van der Waals surface area contributed by atoms with Crippen LogP contribution in [-0.4, -0.2) is 30.4 Å². The van der Waals surface area contributed by atoms with Gasteiger partial charge in [0.05, 0.1) is 0 Å². The first-order valence-electron chi connectivity index (χ1n) is 7.83. The second-order valence-corrected chi connectivity index (χ2v) is 6.00. The Morgan fingerprint density at radius 3 is 2.80 bits per heavy atom. The van der Waals surface area contributed by atoms with Gasteiger partial charge in [-0.3, -0.25) is 0 Å². The Labute approximate surface area is 122 Å². The maximum Gasteiger partial charge on any atom is 0.119 e. The number of para-hydroxylation sites is 1. The van der Waals surface area contributed by atoms with E-state index < -0.39 is 6.10 Å². The molecule has 1 aromatic rings. The molecular weight excluding hydrogens is 250 g/mol. The molecule has 3 heteroatoms. The monoisotopic (exact) mass is 277 g/mol. The van der Waals surface area contributed by atoms with Crippen molar-refractivity contribution in [2.45, 2.75) is 51.2 Å². The fourth-order valence-electron chi connectivity index (χ4n) is 2.76. The van der Waals surface area contributed by atoms with Crippen LogP contribution < -0.4 is 10.1 Å². The average Bonchev–Trinajstić information content (AvgIpc) is 2.68. The van der Waals surface area contributed by atoms with Crippen LogP contribution in [0.4, 0.5) is 0 Å². The smallest absolute Gasteiger partial charge is 0.119 e. The highest BCUT2D eigenvalue weighted by atomic mass is 16.5. The number of aliphatic hydroxyl groups is 1. The molecule has 0 spiro atoms. The third-order valence-electron chi connectivity index (χ3n) is 4.09. The predicted molar refractivity (Wildman–Crippen MR) is 82.0 cm³/mol. The van der Waals surface area contributed by atoms with Crippen molar-refractivity contribution in [3.63, 3.8) is 0 Å². The lowest BCUT2D eigenvalue weighted by Crippen LogP contribution is -2.37. The summed E-state index contributed by atoms with van der Waals surface area (Å²) < 4.78 is 5.56. The van der Waals surface area contributed by atoms with Crippen molar-refractivity contribution in [2.75, 3.05) is 13.2 Å². The van der Waals surface area contributed by atoms with E-state index in [2.05, 4.69) is 12.2 Å². The van der Waals surface area contributed by atoms with Gasteiger partial charge in [0.25, 0.3) is 0 Å². The fourth-order valence-corrected chi connectivity index (χ4v) is 2.76. The fraction of sp³-hybridized carbons (Fsp3) is 0.647. The molecule has 112 valence electrons. The average molecular weight is 277 g/mol. The summed E-state index contributed by atoms with van der Waals surface area (Å²) in [6, 6.07) is 10.2. The number of aliphatic hydroxyl groups excluding tert-OH is 1. The van der Waals surface area contributed by atoms with Gasteiger partial charge < -0.3 is 15.2 Å². The van der Waals surface area contributed by atoms with Gasteiger partial charge in [-0.1, -0.05) is 38.0 Å². The van der Waals surface area contributed by atoms with Crippen LogP contribution in [0.25, 0.3) is 0 Å². The Hall–Kier alpha value is -1.06. The SMILES string of the molecule is CC1CCCC(NCC(O)COc2ccccc2)CC1. The van der Waals surface area contributed by atoms with Crippen LogP contribution in [0.2, 0.25) is 0 Å². The molecule has 0 heterocycles. The lowest BCUT2D eigenvalue weighted by Gasteiger charge is -2.19. The molecule has 3 atom stereocenters. The predicted octanol–water partition coefficient (Wildman–Crippen LogP) is 2.98. The van der Waals surface area contributed by atoms with Crippen molar-refractivity contribution in [2.24, 2.45) is 5.92 Å². The van der Waals surface area contributed by atoms with Crippen LogP contribution in [0.1, 0.15) is 39.0 Å². The molecular formula is C17H27NO2. The molecule has 0 bridgehead atoms. The lowest BCUT2D eigenvalue weighted by molar-refractivity contribution is 0.103. The van der Waals surface area contributed by atoms with Crippen molar-refractivity contribution in [1.29, 1.82) is 0 Å². The highest BCUT2D eigenvalue weighted by Gasteiger charge is 2.16. The van der Waals surface area contributed by atoms with Crippen molar-refractivity contribution < 1.29 is 9.84 Å². The Balaban J connectivity index is 1.63. The zero-order chi connectivity index (χ0) is 14.2. The minimum atomic E-state index is -0.448. The van der Waals surface area contributed by atoms with E-state index in [0.717, 1.165) is 11.7 Å². The van der Waals surface area contributed by atoms with Crippen LogP contribution >= 0.6 is 0 Å². The summed E-state index contributed by atoms with van der Waals surface area (Å²) in [5, 5.41) is 13.5. The Morgan fingerprint density at radius 2 is 2.00 bits per heavy atom. The highest BCUT2D eigenvalue weighted by molar-refractivity contribution is 5.20. The number of hydrogen-bond donors (Lipinski definition) is 2. The Kier molecular flexibility index (Phi) is 6.34. The van der Waals surface area contributed by atoms with Gasteiger partial charge in [0.15, 0.2) is 0 Å². The first-order valence-corrected chi connectivity index (χ1v) is 7.83. The van der Waals surface area contributed by atoms with E-state index in [1.807, 2.05) is 30.3 Å². The van der Waals surface area contributed by atoms with Crippen molar-refractivity contribution in [3.8, 4) is 5.75 Å². The van der Waals surface area contributed by atoms with Crippen LogP contribution in [-0.2, 0) is 0 Å². The summed E-state index contributed by atoms with van der Waals surface area (Å²) in [6.07, 6.45) is 5.96. The molecule has 1 aliphatic carbocycles. The van der Waals surface area contributed by atoms with E-state index >= 15 is 0 Å². The molecule has 1 aliphatic rings. The number of benzene rings is 1. The normalized spacial score (nSPS) is 24.9. The molecule has 0 saturated heterocycles. The summed E-state index contributed by atoms with van der Waals surface area (Å²) in [6.45, 7) is 3.30. The van der Waals surface area contributed by atoms with E-state index in [0.29, 0.717) is 19.2 Å². The van der Waals surface area contributed by atoms with Gasteiger partial charge >= 0.3 is 0 Å². The molecule has 1 fully saturated rings. The molecule has 1 aromatic carbocycles. The number of ether oxygens (including phenoxy) is 1. The summed E-state index contributed by atoms with van der Waals surface area (Å²) in [5.41, 5.74) is 0. The zero-order valence-corrected chi connectivity index (χ0v) is 12.4. The first-order chi connectivity index (χ1) is 9.74. The number of hydrogen-bond acceptors (Lipinski definition) is 3. The van der Waals surface area contributed by atoms with Gasteiger partial charge in [0.1, 0.15) is 18.5 Å². The van der Waals surface area contributed by atoms with Crippen LogP contribution in [0.15, 0.2) is 30.3 Å². The van der Waals surface area contributed by atoms with Crippen molar-refractivity contribution in [3.05, 3.63) is 30.3 Å². The van der Waals surface area contributed by atoms with E-state index in [9.17, 15) is 5.11 Å². The largest absolute Gasteiger partial charge is 0.491 e. The van der Waals surface area contributed by atoms with Gasteiger partial charge in [0.2, 0.25) is 0 Å². The van der Waals surface area contributed by atoms with Crippen molar-refractivity contribution in [1.82, 2.24) is 5.32 Å².